The lowest BCUT2D eigenvalue weighted by Gasteiger charge is -2.03. The largest absolute Gasteiger partial charge is 0.492 e. The molecule has 0 aliphatic heterocycles. The van der Waals surface area contributed by atoms with Crippen LogP contribution in [0.1, 0.15) is 6.42 Å². The minimum absolute atomic E-state index is 0.731. The van der Waals surface area contributed by atoms with Crippen molar-refractivity contribution in [2.75, 3.05) is 11.9 Å². The third-order valence-electron chi connectivity index (χ3n) is 1.25. The predicted molar refractivity (Wildman–Crippen MR) is 55.8 cm³/mol. The molecule has 12 heavy (non-hydrogen) atoms. The summed E-state index contributed by atoms with van der Waals surface area (Å²) in [5.74, 6) is 0.819. The monoisotopic (exact) mass is 293 g/mol. The van der Waals surface area contributed by atoms with E-state index in [1.165, 1.54) is 0 Å². The van der Waals surface area contributed by atoms with Crippen LogP contribution in [0.5, 0.6) is 5.75 Å². The fraction of sp³-hybridized carbons (Fsp3) is 0.375. The van der Waals surface area contributed by atoms with Gasteiger partial charge in [0, 0.05) is 5.33 Å². The number of ether oxygens (including phenoxy) is 1. The Bertz CT molecular complexity index is 225. The molecule has 0 unspecified atom stereocenters. The van der Waals surface area contributed by atoms with E-state index < -0.39 is 0 Å². The van der Waals surface area contributed by atoms with Crippen molar-refractivity contribution in [3.63, 3.8) is 0 Å². The summed E-state index contributed by atoms with van der Waals surface area (Å²) in [7, 11) is 0. The van der Waals surface area contributed by atoms with Crippen molar-refractivity contribution < 1.29 is 4.74 Å². The maximum Gasteiger partial charge on any atom is 0.137 e. The van der Waals surface area contributed by atoms with Crippen molar-refractivity contribution in [3.8, 4) is 5.75 Å². The Balaban J connectivity index is 2.37. The van der Waals surface area contributed by atoms with Gasteiger partial charge in [-0.05, 0) is 34.5 Å². The van der Waals surface area contributed by atoms with Gasteiger partial charge in [0.15, 0.2) is 0 Å². The summed E-state index contributed by atoms with van der Waals surface area (Å²) in [6, 6.07) is 3.76. The Kier molecular flexibility index (Phi) is 4.61. The first kappa shape index (κ1) is 9.99. The molecule has 0 spiro atoms. The molecule has 0 N–H and O–H groups in total. The first-order valence-corrected chi connectivity index (χ1v) is 5.54. The second kappa shape index (κ2) is 5.54. The van der Waals surface area contributed by atoms with Crippen LogP contribution >= 0.6 is 31.9 Å². The molecule has 2 nitrogen and oxygen atoms in total. The molecule has 0 saturated carbocycles. The molecule has 1 rings (SSSR count). The number of halogens is 2. The maximum absolute atomic E-state index is 5.39. The van der Waals surface area contributed by atoms with Crippen LogP contribution in [0.3, 0.4) is 0 Å². The number of aromatic nitrogens is 1. The van der Waals surface area contributed by atoms with Crippen molar-refractivity contribution in [3.05, 3.63) is 22.9 Å². The summed E-state index contributed by atoms with van der Waals surface area (Å²) in [5, 5.41) is 0.969. The zero-order chi connectivity index (χ0) is 8.81. The molecule has 0 aromatic carbocycles. The van der Waals surface area contributed by atoms with E-state index in [-0.39, 0.29) is 0 Å². The lowest BCUT2D eigenvalue weighted by atomic mass is 10.4. The van der Waals surface area contributed by atoms with Gasteiger partial charge < -0.3 is 4.74 Å². The van der Waals surface area contributed by atoms with Crippen molar-refractivity contribution in [2.45, 2.75) is 6.42 Å². The maximum atomic E-state index is 5.39. The molecule has 1 aromatic rings. The van der Waals surface area contributed by atoms with Crippen LogP contribution in [0.15, 0.2) is 22.9 Å². The van der Waals surface area contributed by atoms with E-state index in [0.717, 1.165) is 28.7 Å². The minimum atomic E-state index is 0.731. The SMILES string of the molecule is BrCCCOc1ccc(Br)nc1. The zero-order valence-corrected chi connectivity index (χ0v) is 9.64. The zero-order valence-electron chi connectivity index (χ0n) is 6.46. The van der Waals surface area contributed by atoms with Crippen LogP contribution < -0.4 is 4.74 Å². The van der Waals surface area contributed by atoms with Crippen molar-refractivity contribution in [1.82, 2.24) is 4.98 Å². The van der Waals surface area contributed by atoms with Gasteiger partial charge in [0.05, 0.1) is 12.8 Å². The number of alkyl halides is 1. The highest BCUT2D eigenvalue weighted by Gasteiger charge is 1.93. The van der Waals surface area contributed by atoms with Gasteiger partial charge in [-0.2, -0.15) is 0 Å². The molecule has 0 saturated heterocycles. The lowest BCUT2D eigenvalue weighted by molar-refractivity contribution is 0.318. The van der Waals surface area contributed by atoms with Crippen LogP contribution in [0.4, 0.5) is 0 Å². The molecule has 0 aliphatic carbocycles. The molecule has 0 radical (unpaired) electrons. The number of nitrogens with zero attached hydrogens (tertiary/aromatic N) is 1. The summed E-state index contributed by atoms with van der Waals surface area (Å²) in [4.78, 5) is 4.04. The van der Waals surface area contributed by atoms with E-state index in [9.17, 15) is 0 Å². The average Bonchev–Trinajstić information content (AvgIpc) is 2.09. The van der Waals surface area contributed by atoms with E-state index in [1.807, 2.05) is 12.1 Å². The molecule has 1 heterocycles. The lowest BCUT2D eigenvalue weighted by Crippen LogP contribution is -1.97. The van der Waals surface area contributed by atoms with Gasteiger partial charge in [0.25, 0.3) is 0 Å². The molecule has 0 aliphatic rings. The van der Waals surface area contributed by atoms with Crippen LogP contribution in [0.25, 0.3) is 0 Å². The Morgan fingerprint density at radius 1 is 1.42 bits per heavy atom. The first-order valence-electron chi connectivity index (χ1n) is 3.63. The van der Waals surface area contributed by atoms with Gasteiger partial charge in [0.1, 0.15) is 10.4 Å². The third kappa shape index (κ3) is 3.54. The standard InChI is InChI=1S/C8H9Br2NO/c9-4-1-5-12-7-2-3-8(10)11-6-7/h2-3,6H,1,4-5H2. The van der Waals surface area contributed by atoms with Crippen molar-refractivity contribution in [2.24, 2.45) is 0 Å². The molecular weight excluding hydrogens is 286 g/mol. The molecular formula is C8H9Br2NO. The Hall–Kier alpha value is -0.0900. The Morgan fingerprint density at radius 2 is 2.25 bits per heavy atom. The summed E-state index contributed by atoms with van der Waals surface area (Å²) >= 11 is 6.58. The number of pyridine rings is 1. The minimum Gasteiger partial charge on any atom is -0.492 e. The van der Waals surface area contributed by atoms with Gasteiger partial charge in [-0.25, -0.2) is 4.98 Å². The number of hydrogen-bond donors (Lipinski definition) is 0. The fourth-order valence-corrected chi connectivity index (χ4v) is 1.16. The number of hydrogen-bond acceptors (Lipinski definition) is 2. The van der Waals surface area contributed by atoms with Crippen LogP contribution in [0.2, 0.25) is 0 Å². The highest BCUT2D eigenvalue weighted by atomic mass is 79.9. The molecule has 4 heteroatoms. The molecule has 0 fully saturated rings. The van der Waals surface area contributed by atoms with E-state index in [4.69, 9.17) is 4.74 Å². The van der Waals surface area contributed by atoms with Crippen LogP contribution in [0, 0.1) is 0 Å². The third-order valence-corrected chi connectivity index (χ3v) is 2.28. The van der Waals surface area contributed by atoms with Crippen LogP contribution in [-0.2, 0) is 0 Å². The molecule has 1 aromatic heterocycles. The normalized spacial score (nSPS) is 9.83. The van der Waals surface area contributed by atoms with Crippen molar-refractivity contribution in [1.29, 1.82) is 0 Å². The summed E-state index contributed by atoms with van der Waals surface area (Å²) in [5.41, 5.74) is 0. The quantitative estimate of drug-likeness (QED) is 0.484. The van der Waals surface area contributed by atoms with Gasteiger partial charge in [-0.1, -0.05) is 15.9 Å². The predicted octanol–water partition coefficient (Wildman–Crippen LogP) is 3.01. The van der Waals surface area contributed by atoms with E-state index in [1.54, 1.807) is 6.20 Å². The molecule has 66 valence electrons. The first-order chi connectivity index (χ1) is 5.83. The Morgan fingerprint density at radius 3 is 2.83 bits per heavy atom. The van der Waals surface area contributed by atoms with Gasteiger partial charge in [-0.15, -0.1) is 0 Å². The van der Waals surface area contributed by atoms with Gasteiger partial charge in [-0.3, -0.25) is 0 Å². The fourth-order valence-electron chi connectivity index (χ4n) is 0.692. The Labute approximate surface area is 88.6 Å². The molecule has 0 bridgehead atoms. The summed E-state index contributed by atoms with van der Waals surface area (Å²) in [6.07, 6.45) is 2.72. The second-order valence-electron chi connectivity index (χ2n) is 2.21. The van der Waals surface area contributed by atoms with E-state index in [0.29, 0.717) is 0 Å². The van der Waals surface area contributed by atoms with Crippen molar-refractivity contribution >= 4 is 31.9 Å². The summed E-state index contributed by atoms with van der Waals surface area (Å²) in [6.45, 7) is 0.731. The number of rotatable bonds is 4. The summed E-state index contributed by atoms with van der Waals surface area (Å²) < 4.78 is 6.22. The van der Waals surface area contributed by atoms with Gasteiger partial charge in [0.2, 0.25) is 0 Å². The van der Waals surface area contributed by atoms with E-state index >= 15 is 0 Å². The van der Waals surface area contributed by atoms with Gasteiger partial charge >= 0.3 is 0 Å². The highest BCUT2D eigenvalue weighted by Crippen LogP contribution is 2.12. The molecule has 0 atom stereocenters. The second-order valence-corrected chi connectivity index (χ2v) is 3.81. The molecule has 0 amide bonds. The average molecular weight is 295 g/mol. The van der Waals surface area contributed by atoms with E-state index in [2.05, 4.69) is 36.8 Å². The smallest absolute Gasteiger partial charge is 0.137 e. The highest BCUT2D eigenvalue weighted by molar-refractivity contribution is 9.10. The topological polar surface area (TPSA) is 22.1 Å². The van der Waals surface area contributed by atoms with Crippen LogP contribution in [-0.4, -0.2) is 16.9 Å².